The summed E-state index contributed by atoms with van der Waals surface area (Å²) in [6, 6.07) is 6.64. The Morgan fingerprint density at radius 1 is 0.947 bits per heavy atom. The third kappa shape index (κ3) is 15.6. The maximum atomic E-state index is 8.09. The molecule has 0 saturated heterocycles. The van der Waals surface area contributed by atoms with Crippen molar-refractivity contribution in [2.75, 3.05) is 6.16 Å². The highest BCUT2D eigenvalue weighted by Crippen LogP contribution is 2.09. The summed E-state index contributed by atoms with van der Waals surface area (Å²) in [7, 11) is 0.158. The zero-order valence-electron chi connectivity index (χ0n) is 14.3. The topological polar surface area (TPSA) is 20.2 Å². The lowest BCUT2D eigenvalue weighted by molar-refractivity contribution is 0.643. The van der Waals surface area contributed by atoms with E-state index in [1.165, 1.54) is 16.7 Å². The van der Waals surface area contributed by atoms with Gasteiger partial charge in [0, 0.05) is 8.81 Å². The predicted octanol–water partition coefficient (Wildman–Crippen LogP) is 5.90. The average molecular weight is 286 g/mol. The summed E-state index contributed by atoms with van der Waals surface area (Å²) in [4.78, 5) is 8.09. The van der Waals surface area contributed by atoms with Crippen LogP contribution >= 0.6 is 8.81 Å². The number of hydrogen-bond donors (Lipinski definition) is 1. The molecule has 1 unspecified atom stereocenters. The highest BCUT2D eigenvalue weighted by Gasteiger charge is 1.92. The molecule has 1 nitrogen and oxygen atoms in total. The summed E-state index contributed by atoms with van der Waals surface area (Å²) < 4.78 is 0. The molecule has 0 heterocycles. The molecule has 0 aliphatic rings. The van der Waals surface area contributed by atoms with Gasteiger partial charge in [-0.1, -0.05) is 66.2 Å². The molecule has 0 aliphatic carbocycles. The molecule has 0 bridgehead atoms. The summed E-state index contributed by atoms with van der Waals surface area (Å²) >= 11 is 0. The highest BCUT2D eigenvalue weighted by molar-refractivity contribution is 7.31. The predicted molar refractivity (Wildman–Crippen MR) is 93.7 cm³/mol. The van der Waals surface area contributed by atoms with Gasteiger partial charge in [-0.05, 0) is 43.1 Å². The molecule has 1 aromatic carbocycles. The Kier molecular flexibility index (Phi) is 24.9. The largest absolute Gasteiger partial charge is 0.377 e. The molecule has 1 atom stereocenters. The Hall–Kier alpha value is -0.390. The van der Waals surface area contributed by atoms with E-state index in [9.17, 15) is 0 Å². The normalized spacial score (nSPS) is 8.68. The Labute approximate surface area is 123 Å². The van der Waals surface area contributed by atoms with Crippen molar-refractivity contribution in [1.29, 1.82) is 0 Å². The van der Waals surface area contributed by atoms with Crippen molar-refractivity contribution in [3.05, 3.63) is 34.9 Å². The van der Waals surface area contributed by atoms with Gasteiger partial charge in [0.15, 0.2) is 0 Å². The third-order valence-corrected chi connectivity index (χ3v) is 3.06. The average Bonchev–Trinajstić information content (AvgIpc) is 2.48. The van der Waals surface area contributed by atoms with Crippen molar-refractivity contribution in [2.24, 2.45) is 0 Å². The van der Waals surface area contributed by atoms with E-state index in [0.717, 1.165) is 19.0 Å². The molecule has 0 spiro atoms. The van der Waals surface area contributed by atoms with Crippen LogP contribution < -0.4 is 0 Å². The fraction of sp³-hybridized carbons (Fsp3) is 0.647. The van der Waals surface area contributed by atoms with Crippen molar-refractivity contribution in [3.8, 4) is 0 Å². The van der Waals surface area contributed by atoms with E-state index in [2.05, 4.69) is 45.9 Å². The zero-order chi connectivity index (χ0) is 15.7. The van der Waals surface area contributed by atoms with Gasteiger partial charge in [0.1, 0.15) is 0 Å². The third-order valence-electron chi connectivity index (χ3n) is 2.34. The maximum absolute atomic E-state index is 8.09. The summed E-state index contributed by atoms with van der Waals surface area (Å²) in [5.41, 5.74) is 4.22. The van der Waals surface area contributed by atoms with E-state index in [-0.39, 0.29) is 8.81 Å². The quantitative estimate of drug-likeness (QED) is 0.686. The molecule has 1 aromatic rings. The van der Waals surface area contributed by atoms with Crippen LogP contribution in [0.5, 0.6) is 0 Å². The lowest BCUT2D eigenvalue weighted by atomic mass is 10.1. The van der Waals surface area contributed by atoms with E-state index >= 15 is 0 Å². The van der Waals surface area contributed by atoms with Crippen molar-refractivity contribution in [1.82, 2.24) is 0 Å². The molecule has 0 radical (unpaired) electrons. The number of rotatable bonds is 3. The standard InChI is InChI=1S/C10H14.C3H9OP.2C2H6/c1-4-10-6-5-8(2)9(3)7-10;1-2-3-5-4;2*1-2/h5-7H,4H2,1-3H3;4-5H,2-3H2,1H3;2*1-2H3. The fourth-order valence-corrected chi connectivity index (χ4v) is 1.36. The Morgan fingerprint density at radius 2 is 1.47 bits per heavy atom. The van der Waals surface area contributed by atoms with Crippen LogP contribution in [-0.2, 0) is 6.42 Å². The number of benzene rings is 1. The van der Waals surface area contributed by atoms with E-state index in [1.54, 1.807) is 0 Å². The molecule has 114 valence electrons. The zero-order valence-corrected chi connectivity index (χ0v) is 15.3. The molecule has 0 saturated carbocycles. The number of aryl methyl sites for hydroxylation is 3. The first kappa shape index (κ1) is 23.7. The molecule has 2 heteroatoms. The summed E-state index contributed by atoms with van der Waals surface area (Å²) in [5, 5.41) is 0. The van der Waals surface area contributed by atoms with Gasteiger partial charge in [0.05, 0.1) is 0 Å². The van der Waals surface area contributed by atoms with Gasteiger partial charge in [0.25, 0.3) is 0 Å². The second kappa shape index (κ2) is 19.9. The van der Waals surface area contributed by atoms with Gasteiger partial charge in [0.2, 0.25) is 0 Å². The van der Waals surface area contributed by atoms with Crippen molar-refractivity contribution in [3.63, 3.8) is 0 Å². The van der Waals surface area contributed by atoms with E-state index < -0.39 is 0 Å². The van der Waals surface area contributed by atoms with Gasteiger partial charge in [-0.2, -0.15) is 0 Å². The van der Waals surface area contributed by atoms with E-state index in [0.29, 0.717) is 0 Å². The number of hydrogen-bond acceptors (Lipinski definition) is 1. The van der Waals surface area contributed by atoms with Crippen LogP contribution in [0.4, 0.5) is 0 Å². The van der Waals surface area contributed by atoms with E-state index in [1.807, 2.05) is 27.7 Å². The van der Waals surface area contributed by atoms with Gasteiger partial charge < -0.3 is 4.89 Å². The van der Waals surface area contributed by atoms with Gasteiger partial charge in [-0.25, -0.2) is 0 Å². The first-order chi connectivity index (χ1) is 9.15. The van der Waals surface area contributed by atoms with Crippen LogP contribution in [0.15, 0.2) is 18.2 Å². The van der Waals surface area contributed by atoms with Gasteiger partial charge >= 0.3 is 0 Å². The molecule has 1 N–H and O–H groups in total. The van der Waals surface area contributed by atoms with Crippen LogP contribution in [-0.4, -0.2) is 11.1 Å². The molecule has 19 heavy (non-hydrogen) atoms. The Morgan fingerprint density at radius 3 is 1.74 bits per heavy atom. The minimum absolute atomic E-state index is 0.158. The second-order valence-electron chi connectivity index (χ2n) is 3.68. The SMILES string of the molecule is CC.CC.CCCPO.CCc1ccc(C)c(C)c1. The van der Waals surface area contributed by atoms with Gasteiger partial charge in [-0.3, -0.25) is 0 Å². The first-order valence-corrected chi connectivity index (χ1v) is 8.74. The Bertz CT molecular complexity index is 270. The molecule has 1 rings (SSSR count). The Balaban J connectivity index is -0.000000242. The summed E-state index contributed by atoms with van der Waals surface area (Å²) in [5.74, 6) is 0. The molecular weight excluding hydrogens is 251 g/mol. The smallest absolute Gasteiger partial charge is 0.0107 e. The van der Waals surface area contributed by atoms with Crippen molar-refractivity contribution >= 4 is 8.81 Å². The van der Waals surface area contributed by atoms with Crippen LogP contribution in [0.25, 0.3) is 0 Å². The molecule has 0 aromatic heterocycles. The summed E-state index contributed by atoms with van der Waals surface area (Å²) in [6.07, 6.45) is 3.22. The molecule has 0 aliphatic heterocycles. The van der Waals surface area contributed by atoms with E-state index in [4.69, 9.17) is 4.89 Å². The summed E-state index contributed by atoms with van der Waals surface area (Å²) in [6.45, 7) is 16.6. The highest BCUT2D eigenvalue weighted by atomic mass is 31.1. The molecular formula is C17H35OP. The van der Waals surface area contributed by atoms with Crippen LogP contribution in [0.1, 0.15) is 64.7 Å². The minimum atomic E-state index is 0.158. The monoisotopic (exact) mass is 286 g/mol. The second-order valence-corrected chi connectivity index (χ2v) is 4.50. The van der Waals surface area contributed by atoms with Crippen LogP contribution in [0.3, 0.4) is 0 Å². The maximum Gasteiger partial charge on any atom is 0.0107 e. The van der Waals surface area contributed by atoms with Crippen molar-refractivity contribution in [2.45, 2.75) is 68.2 Å². The van der Waals surface area contributed by atoms with Crippen LogP contribution in [0, 0.1) is 13.8 Å². The molecule has 0 amide bonds. The lowest BCUT2D eigenvalue weighted by Crippen LogP contribution is -1.84. The fourth-order valence-electron chi connectivity index (χ4n) is 1.14. The van der Waals surface area contributed by atoms with Crippen molar-refractivity contribution < 1.29 is 4.89 Å². The lowest BCUT2D eigenvalue weighted by Gasteiger charge is -2.01. The minimum Gasteiger partial charge on any atom is -0.377 e. The van der Waals surface area contributed by atoms with Gasteiger partial charge in [-0.15, -0.1) is 0 Å². The first-order valence-electron chi connectivity index (χ1n) is 7.58. The van der Waals surface area contributed by atoms with Crippen LogP contribution in [0.2, 0.25) is 0 Å². The molecule has 0 fully saturated rings.